The van der Waals surface area contributed by atoms with Gasteiger partial charge in [-0.25, -0.2) is 9.18 Å². The van der Waals surface area contributed by atoms with Crippen molar-refractivity contribution in [2.45, 2.75) is 37.1 Å². The zero-order valence-corrected chi connectivity index (χ0v) is 20.9. The minimum absolute atomic E-state index is 0.0499. The fourth-order valence-electron chi connectivity index (χ4n) is 4.98. The van der Waals surface area contributed by atoms with Crippen LogP contribution in [0, 0.1) is 5.82 Å². The zero-order valence-electron chi connectivity index (χ0n) is 20.9. The van der Waals surface area contributed by atoms with E-state index in [2.05, 4.69) is 5.32 Å². The lowest BCUT2D eigenvalue weighted by molar-refractivity contribution is -0.141. The molecule has 0 radical (unpaired) electrons. The van der Waals surface area contributed by atoms with Gasteiger partial charge in [-0.15, -0.1) is 0 Å². The van der Waals surface area contributed by atoms with E-state index in [1.807, 2.05) is 30.3 Å². The molecular formula is C30H27F4N3O2. The third-order valence-corrected chi connectivity index (χ3v) is 7.09. The van der Waals surface area contributed by atoms with Crippen molar-refractivity contribution in [1.29, 1.82) is 0 Å². The molecule has 1 unspecified atom stereocenters. The van der Waals surface area contributed by atoms with E-state index in [-0.39, 0.29) is 37.2 Å². The van der Waals surface area contributed by atoms with Gasteiger partial charge >= 0.3 is 12.2 Å². The number of hydrogen-bond donors (Lipinski definition) is 1. The first-order chi connectivity index (χ1) is 18.7. The van der Waals surface area contributed by atoms with E-state index in [4.69, 9.17) is 0 Å². The second-order valence-corrected chi connectivity index (χ2v) is 9.80. The summed E-state index contributed by atoms with van der Waals surface area (Å²) in [5.41, 5.74) is 0.765. The first-order valence-electron chi connectivity index (χ1n) is 12.7. The van der Waals surface area contributed by atoms with Gasteiger partial charge in [0.1, 0.15) is 12.4 Å². The first-order valence-corrected chi connectivity index (χ1v) is 12.7. The highest BCUT2D eigenvalue weighted by Crippen LogP contribution is 2.41. The van der Waals surface area contributed by atoms with Crippen LogP contribution in [0.3, 0.4) is 0 Å². The lowest BCUT2D eigenvalue weighted by Gasteiger charge is -2.35. The Morgan fingerprint density at radius 1 is 0.949 bits per heavy atom. The van der Waals surface area contributed by atoms with Gasteiger partial charge in [-0.2, -0.15) is 13.2 Å². The Kier molecular flexibility index (Phi) is 7.41. The van der Waals surface area contributed by atoms with Crippen molar-refractivity contribution in [3.8, 4) is 0 Å². The maximum Gasteiger partial charge on any atom is 0.416 e. The summed E-state index contributed by atoms with van der Waals surface area (Å²) in [4.78, 5) is 29.3. The van der Waals surface area contributed by atoms with Crippen molar-refractivity contribution in [3.05, 3.63) is 119 Å². The Labute approximate surface area is 223 Å². The molecule has 1 aliphatic carbocycles. The Bertz CT molecular complexity index is 1360. The number of carbonyl (C=O) groups is 2. The molecule has 5 rings (SSSR count). The highest BCUT2D eigenvalue weighted by atomic mass is 19.4. The number of carbonyl (C=O) groups excluding carboxylic acids is 2. The summed E-state index contributed by atoms with van der Waals surface area (Å²) in [6.45, 7) is -0.311. The molecule has 0 aromatic heterocycles. The monoisotopic (exact) mass is 537 g/mol. The summed E-state index contributed by atoms with van der Waals surface area (Å²) < 4.78 is 55.2. The largest absolute Gasteiger partial charge is 0.416 e. The number of amides is 3. The summed E-state index contributed by atoms with van der Waals surface area (Å²) in [7, 11) is 0. The fourth-order valence-corrected chi connectivity index (χ4v) is 4.98. The number of hydrogen-bond acceptors (Lipinski definition) is 2. The molecule has 2 aliphatic rings. The summed E-state index contributed by atoms with van der Waals surface area (Å²) in [5, 5.41) is 2.98. The molecule has 3 amide bonds. The van der Waals surface area contributed by atoms with Crippen molar-refractivity contribution in [3.63, 3.8) is 0 Å². The number of nitrogens with one attached hydrogen (secondary N) is 1. The number of halogens is 4. The van der Waals surface area contributed by atoms with Crippen LogP contribution in [-0.2, 0) is 17.5 Å². The number of nitrogens with zero attached hydrogens (tertiary/aromatic N) is 2. The van der Waals surface area contributed by atoms with Gasteiger partial charge < -0.3 is 15.1 Å². The molecule has 0 spiro atoms. The number of alkyl halides is 3. The van der Waals surface area contributed by atoms with Gasteiger partial charge in [-0.05, 0) is 41.3 Å². The van der Waals surface area contributed by atoms with E-state index in [1.54, 1.807) is 6.08 Å². The van der Waals surface area contributed by atoms with Gasteiger partial charge in [0.25, 0.3) is 0 Å². The molecule has 3 aromatic carbocycles. The summed E-state index contributed by atoms with van der Waals surface area (Å²) in [6, 6.07) is 18.9. The summed E-state index contributed by atoms with van der Waals surface area (Å²) in [5.74, 6) is -0.779. The van der Waals surface area contributed by atoms with E-state index < -0.39 is 35.5 Å². The van der Waals surface area contributed by atoms with Crippen LogP contribution in [0.1, 0.15) is 40.6 Å². The molecule has 1 heterocycles. The lowest BCUT2D eigenvalue weighted by Crippen LogP contribution is -2.49. The smallest absolute Gasteiger partial charge is 0.335 e. The molecule has 5 nitrogen and oxygen atoms in total. The summed E-state index contributed by atoms with van der Waals surface area (Å²) >= 11 is 0. The van der Waals surface area contributed by atoms with Gasteiger partial charge in [0.15, 0.2) is 0 Å². The van der Waals surface area contributed by atoms with E-state index in [0.29, 0.717) is 5.56 Å². The van der Waals surface area contributed by atoms with Gasteiger partial charge in [0.2, 0.25) is 5.91 Å². The van der Waals surface area contributed by atoms with E-state index >= 15 is 0 Å². The van der Waals surface area contributed by atoms with Crippen molar-refractivity contribution >= 4 is 11.9 Å². The highest BCUT2D eigenvalue weighted by Gasteiger charge is 2.41. The maximum absolute atomic E-state index is 13.9. The molecule has 3 atom stereocenters. The molecule has 9 heteroatoms. The minimum Gasteiger partial charge on any atom is -0.335 e. The molecule has 202 valence electrons. The summed E-state index contributed by atoms with van der Waals surface area (Å²) in [6.07, 6.45) is -0.693. The molecule has 1 N–H and O–H groups in total. The van der Waals surface area contributed by atoms with E-state index in [0.717, 1.165) is 18.1 Å². The minimum atomic E-state index is -4.62. The van der Waals surface area contributed by atoms with Crippen molar-refractivity contribution in [1.82, 2.24) is 15.1 Å². The Morgan fingerprint density at radius 3 is 2.36 bits per heavy atom. The quantitative estimate of drug-likeness (QED) is 0.318. The Morgan fingerprint density at radius 2 is 1.64 bits per heavy atom. The highest BCUT2D eigenvalue weighted by molar-refractivity contribution is 5.85. The van der Waals surface area contributed by atoms with Crippen LogP contribution in [0.25, 0.3) is 0 Å². The van der Waals surface area contributed by atoms with E-state index in [1.165, 1.54) is 58.3 Å². The number of urea groups is 1. The van der Waals surface area contributed by atoms with Crippen LogP contribution in [0.5, 0.6) is 0 Å². The first kappa shape index (κ1) is 26.5. The predicted octanol–water partition coefficient (Wildman–Crippen LogP) is 6.05. The molecule has 1 fully saturated rings. The lowest BCUT2D eigenvalue weighted by atomic mass is 9.96. The predicted molar refractivity (Wildman–Crippen MR) is 138 cm³/mol. The normalized spacial score (nSPS) is 22.2. The van der Waals surface area contributed by atoms with Crippen LogP contribution in [0.2, 0.25) is 0 Å². The Hall–Kier alpha value is -4.14. The van der Waals surface area contributed by atoms with E-state index in [9.17, 15) is 27.2 Å². The molecular weight excluding hydrogens is 510 g/mol. The molecule has 39 heavy (non-hydrogen) atoms. The van der Waals surface area contributed by atoms with Gasteiger partial charge in [0.05, 0.1) is 11.6 Å². The average Bonchev–Trinajstić information content (AvgIpc) is 3.68. The second-order valence-electron chi connectivity index (χ2n) is 9.80. The zero-order chi connectivity index (χ0) is 27.6. The van der Waals surface area contributed by atoms with Gasteiger partial charge in [-0.3, -0.25) is 4.79 Å². The van der Waals surface area contributed by atoms with Crippen LogP contribution in [0.4, 0.5) is 22.4 Å². The van der Waals surface area contributed by atoms with Crippen molar-refractivity contribution < 1.29 is 27.2 Å². The van der Waals surface area contributed by atoms with Gasteiger partial charge in [-0.1, -0.05) is 72.8 Å². The van der Waals surface area contributed by atoms with Crippen molar-refractivity contribution in [2.75, 3.05) is 13.1 Å². The number of benzene rings is 3. The molecule has 1 aliphatic heterocycles. The molecule has 0 saturated heterocycles. The second kappa shape index (κ2) is 10.9. The standard InChI is InChI=1S/C30H27F4N3O2/c31-22-14-12-20(13-15-22)18-37-27(23-9-4-5-10-25(23)30(32,33)34)11-6-16-36(19-28(37)38)29(39)35-26-17-24(26)21-7-2-1-3-8-21/h1-15,24,26-27H,16-19H2,(H,35,39)/b11-6-/t24-,26?,27-/m0/s1. The fraction of sp³-hybridized carbons (Fsp3) is 0.267. The van der Waals surface area contributed by atoms with Crippen LogP contribution in [-0.4, -0.2) is 40.9 Å². The molecule has 1 saturated carbocycles. The van der Waals surface area contributed by atoms with Crippen LogP contribution >= 0.6 is 0 Å². The maximum atomic E-state index is 13.9. The number of rotatable bonds is 5. The third-order valence-electron chi connectivity index (χ3n) is 7.09. The molecule has 0 bridgehead atoms. The van der Waals surface area contributed by atoms with Gasteiger partial charge in [0, 0.05) is 25.0 Å². The average molecular weight is 538 g/mol. The topological polar surface area (TPSA) is 52.7 Å². The van der Waals surface area contributed by atoms with Crippen LogP contribution < -0.4 is 5.32 Å². The SMILES string of the molecule is O=C(NC1C[C@H]1c1ccccc1)N1C/C=C\[C@@H](c2ccccc2C(F)(F)F)N(Cc2ccc(F)cc2)C(=O)C1. The van der Waals surface area contributed by atoms with Crippen LogP contribution in [0.15, 0.2) is 91.0 Å². The van der Waals surface area contributed by atoms with Crippen molar-refractivity contribution in [2.24, 2.45) is 0 Å². The molecule has 3 aromatic rings. The third kappa shape index (κ3) is 6.13. The Balaban J connectivity index is 1.40.